The van der Waals surface area contributed by atoms with E-state index in [4.69, 9.17) is 22.1 Å². The summed E-state index contributed by atoms with van der Waals surface area (Å²) >= 11 is 0. The minimum atomic E-state index is -2.80. The van der Waals surface area contributed by atoms with Crippen LogP contribution in [-0.4, -0.2) is 57.3 Å². The summed E-state index contributed by atoms with van der Waals surface area (Å²) in [5.41, 5.74) is 0. The topological polar surface area (TPSA) is 63.2 Å². The van der Waals surface area contributed by atoms with E-state index in [-0.39, 0.29) is 19.3 Å². The maximum absolute atomic E-state index is 11.3. The molecule has 0 aliphatic heterocycles. The highest BCUT2D eigenvalue weighted by Gasteiger charge is 2.43. The highest BCUT2D eigenvalue weighted by molar-refractivity contribution is 6.85. The molecule has 0 bridgehead atoms. The van der Waals surface area contributed by atoms with Gasteiger partial charge in [0.15, 0.2) is 16.6 Å². The van der Waals surface area contributed by atoms with Crippen molar-refractivity contribution in [2.75, 3.05) is 19.8 Å². The minimum absolute atomic E-state index is 0.120. The van der Waals surface area contributed by atoms with Gasteiger partial charge in [-0.15, -0.1) is 0 Å². The molecule has 9 heteroatoms. The van der Waals surface area contributed by atoms with E-state index in [0.29, 0.717) is 6.61 Å². The molecule has 0 aromatic carbocycles. The number of ether oxygens (including phenoxy) is 2. The molecule has 0 saturated carbocycles. The third-order valence-corrected chi connectivity index (χ3v) is 11.2. The predicted octanol–water partition coefficient (Wildman–Crippen LogP) is 3.80. The molecular formula is C16H36O6Si3. The molecule has 0 saturated heterocycles. The van der Waals surface area contributed by atoms with Crippen molar-refractivity contribution in [2.45, 2.75) is 65.3 Å². The Morgan fingerprint density at radius 3 is 1.92 bits per heavy atom. The van der Waals surface area contributed by atoms with Gasteiger partial charge in [-0.3, -0.25) is 0 Å². The van der Waals surface area contributed by atoms with Gasteiger partial charge in [-0.25, -0.2) is 4.79 Å². The quantitative estimate of drug-likeness (QED) is 0.262. The molecular weight excluding hydrogens is 372 g/mol. The molecule has 1 atom stereocenters. The Kier molecular flexibility index (Phi) is 10.6. The Labute approximate surface area is 156 Å². The summed E-state index contributed by atoms with van der Waals surface area (Å²) in [4.78, 5) is 11.3. The second-order valence-corrected chi connectivity index (χ2v) is 20.0. The summed E-state index contributed by atoms with van der Waals surface area (Å²) in [6, 6.07) is 0. The van der Waals surface area contributed by atoms with Crippen LogP contribution in [0.25, 0.3) is 0 Å². The zero-order valence-electron chi connectivity index (χ0n) is 17.1. The van der Waals surface area contributed by atoms with Crippen LogP contribution in [0.2, 0.25) is 45.8 Å². The van der Waals surface area contributed by atoms with Crippen LogP contribution in [0.5, 0.6) is 0 Å². The van der Waals surface area contributed by atoms with Crippen LogP contribution >= 0.6 is 0 Å². The third-order valence-electron chi connectivity index (χ3n) is 2.65. The second-order valence-electron chi connectivity index (χ2n) is 7.93. The van der Waals surface area contributed by atoms with E-state index in [2.05, 4.69) is 45.9 Å². The first-order valence-corrected chi connectivity index (χ1v) is 17.8. The van der Waals surface area contributed by atoms with Crippen molar-refractivity contribution in [3.8, 4) is 0 Å². The normalized spacial score (nSPS) is 14.2. The van der Waals surface area contributed by atoms with Crippen LogP contribution in [0.1, 0.15) is 13.3 Å². The number of hydrogen-bond donors (Lipinski definition) is 0. The van der Waals surface area contributed by atoms with E-state index in [0.717, 1.165) is 12.5 Å². The summed E-state index contributed by atoms with van der Waals surface area (Å²) in [7, 11) is -6.48. The predicted molar refractivity (Wildman–Crippen MR) is 108 cm³/mol. The maximum Gasteiger partial charge on any atom is 0.476 e. The van der Waals surface area contributed by atoms with Crippen LogP contribution in [0.4, 0.5) is 0 Å². The second kappa shape index (κ2) is 10.8. The van der Waals surface area contributed by atoms with E-state index < -0.39 is 31.4 Å². The highest BCUT2D eigenvalue weighted by atomic mass is 28.5. The fourth-order valence-electron chi connectivity index (χ4n) is 2.10. The molecule has 0 aliphatic rings. The standard InChI is InChI=1S/C16H36O6Si3/c1-10-12-18-15(13-19-16(17)11-2)14-20-25(9,21-23(3,4)5)22-24(6,7)8/h11,15H,2,10,12-14H2,1,3-9H3. The van der Waals surface area contributed by atoms with Gasteiger partial charge < -0.3 is 22.1 Å². The van der Waals surface area contributed by atoms with Gasteiger partial charge in [-0.05, 0) is 45.7 Å². The molecule has 0 aromatic rings. The smallest absolute Gasteiger partial charge is 0.460 e. The van der Waals surface area contributed by atoms with E-state index in [1.54, 1.807) is 0 Å². The van der Waals surface area contributed by atoms with Crippen molar-refractivity contribution >= 4 is 31.4 Å². The first kappa shape index (κ1) is 24.7. The van der Waals surface area contributed by atoms with Crippen molar-refractivity contribution in [2.24, 2.45) is 0 Å². The lowest BCUT2D eigenvalue weighted by Gasteiger charge is -2.37. The summed E-state index contributed by atoms with van der Waals surface area (Å²) in [5, 5.41) is 0. The summed E-state index contributed by atoms with van der Waals surface area (Å²) in [5.74, 6) is -0.471. The van der Waals surface area contributed by atoms with Gasteiger partial charge in [0.1, 0.15) is 12.7 Å². The van der Waals surface area contributed by atoms with Crippen molar-refractivity contribution in [3.05, 3.63) is 12.7 Å². The van der Waals surface area contributed by atoms with Crippen molar-refractivity contribution in [1.29, 1.82) is 0 Å². The summed E-state index contributed by atoms with van der Waals surface area (Å²) in [6.07, 6.45) is 1.66. The molecule has 0 heterocycles. The van der Waals surface area contributed by atoms with E-state index >= 15 is 0 Å². The highest BCUT2D eigenvalue weighted by Crippen LogP contribution is 2.22. The Hall–Kier alpha value is -0.299. The van der Waals surface area contributed by atoms with Gasteiger partial charge in [-0.1, -0.05) is 13.5 Å². The molecule has 148 valence electrons. The van der Waals surface area contributed by atoms with E-state index in [1.807, 2.05) is 13.5 Å². The Balaban J connectivity index is 4.96. The molecule has 0 aromatic heterocycles. The Morgan fingerprint density at radius 2 is 1.52 bits per heavy atom. The molecule has 0 amide bonds. The average Bonchev–Trinajstić information content (AvgIpc) is 2.41. The van der Waals surface area contributed by atoms with E-state index in [9.17, 15) is 4.79 Å². The lowest BCUT2D eigenvalue weighted by molar-refractivity contribution is -0.143. The number of carbonyl (C=O) groups is 1. The largest absolute Gasteiger partial charge is 0.476 e. The fourth-order valence-corrected chi connectivity index (χ4v) is 12.5. The summed E-state index contributed by atoms with van der Waals surface area (Å²) in [6.45, 7) is 21.0. The summed E-state index contributed by atoms with van der Waals surface area (Å²) < 4.78 is 29.6. The number of carbonyl (C=O) groups excluding carboxylic acids is 1. The minimum Gasteiger partial charge on any atom is -0.460 e. The molecule has 6 nitrogen and oxygen atoms in total. The molecule has 0 N–H and O–H groups in total. The van der Waals surface area contributed by atoms with Gasteiger partial charge in [-0.2, -0.15) is 0 Å². The Morgan fingerprint density at radius 1 is 1.00 bits per heavy atom. The first-order valence-electron chi connectivity index (χ1n) is 8.75. The molecule has 0 aliphatic carbocycles. The van der Waals surface area contributed by atoms with Crippen molar-refractivity contribution < 1.29 is 26.9 Å². The molecule has 0 radical (unpaired) electrons. The molecule has 25 heavy (non-hydrogen) atoms. The number of esters is 1. The lowest BCUT2D eigenvalue weighted by Crippen LogP contribution is -2.55. The zero-order valence-corrected chi connectivity index (χ0v) is 20.1. The van der Waals surface area contributed by atoms with Gasteiger partial charge in [0, 0.05) is 19.2 Å². The van der Waals surface area contributed by atoms with Crippen LogP contribution < -0.4 is 0 Å². The molecule has 0 rings (SSSR count). The average molecular weight is 409 g/mol. The molecule has 0 fully saturated rings. The van der Waals surface area contributed by atoms with Crippen LogP contribution in [0.3, 0.4) is 0 Å². The first-order chi connectivity index (χ1) is 11.3. The van der Waals surface area contributed by atoms with Crippen LogP contribution in [0, 0.1) is 0 Å². The van der Waals surface area contributed by atoms with Crippen LogP contribution in [-0.2, 0) is 26.9 Å². The van der Waals surface area contributed by atoms with Gasteiger partial charge >= 0.3 is 14.8 Å². The van der Waals surface area contributed by atoms with Crippen LogP contribution in [0.15, 0.2) is 12.7 Å². The lowest BCUT2D eigenvalue weighted by atomic mass is 10.4. The Bertz CT molecular complexity index is 401. The van der Waals surface area contributed by atoms with Crippen molar-refractivity contribution in [1.82, 2.24) is 0 Å². The van der Waals surface area contributed by atoms with E-state index in [1.165, 1.54) is 0 Å². The molecule has 1 unspecified atom stereocenters. The molecule has 0 spiro atoms. The number of hydrogen-bond acceptors (Lipinski definition) is 6. The fraction of sp³-hybridized carbons (Fsp3) is 0.812. The van der Waals surface area contributed by atoms with Gasteiger partial charge in [0.05, 0.1) is 6.61 Å². The zero-order chi connectivity index (χ0) is 19.7. The van der Waals surface area contributed by atoms with Gasteiger partial charge in [0.2, 0.25) is 0 Å². The monoisotopic (exact) mass is 408 g/mol. The van der Waals surface area contributed by atoms with Gasteiger partial charge in [0.25, 0.3) is 0 Å². The van der Waals surface area contributed by atoms with Crippen molar-refractivity contribution in [3.63, 3.8) is 0 Å². The SMILES string of the molecule is C=CC(=O)OCC(CO[Si](C)(O[Si](C)(C)C)O[Si](C)(C)C)OCCC. The number of rotatable bonds is 13. The maximum atomic E-state index is 11.3. The third kappa shape index (κ3) is 13.5.